The molecule has 3 aromatic rings. The van der Waals surface area contributed by atoms with Gasteiger partial charge in [0.2, 0.25) is 0 Å². The molecule has 0 N–H and O–H groups in total. The fourth-order valence-electron chi connectivity index (χ4n) is 3.43. The second-order valence-corrected chi connectivity index (χ2v) is 8.07. The fraction of sp³-hybridized carbons (Fsp3) is 0.304. The number of hydrogen-bond acceptors (Lipinski definition) is 3. The van der Waals surface area contributed by atoms with Crippen LogP contribution in [-0.2, 0) is 0 Å². The average molecular weight is 428 g/mol. The number of halogens is 1. The molecule has 0 saturated carbocycles. The molecule has 2 aromatic carbocycles. The predicted octanol–water partition coefficient (Wildman–Crippen LogP) is 7.01. The molecule has 27 heavy (non-hydrogen) atoms. The first-order valence-electron chi connectivity index (χ1n) is 9.23. The lowest BCUT2D eigenvalue weighted by Crippen LogP contribution is -2.37. The van der Waals surface area contributed by atoms with Gasteiger partial charge in [-0.3, -0.25) is 0 Å². The minimum absolute atomic E-state index is 0.362. The van der Waals surface area contributed by atoms with Crippen molar-refractivity contribution in [2.45, 2.75) is 39.8 Å². The zero-order valence-electron chi connectivity index (χ0n) is 16.5. The van der Waals surface area contributed by atoms with Crippen LogP contribution in [0.25, 0.3) is 22.6 Å². The molecule has 0 spiro atoms. The van der Waals surface area contributed by atoms with Crippen LogP contribution in [0, 0.1) is 0 Å². The number of rotatable bonds is 6. The first kappa shape index (κ1) is 19.6. The summed E-state index contributed by atoms with van der Waals surface area (Å²) in [6, 6.07) is 19.1. The van der Waals surface area contributed by atoms with Gasteiger partial charge >= 0.3 is 0 Å². The van der Waals surface area contributed by atoms with Crippen molar-refractivity contribution >= 4 is 21.6 Å². The van der Waals surface area contributed by atoms with E-state index in [4.69, 9.17) is 9.15 Å². The molecule has 3 rings (SSSR count). The maximum Gasteiger partial charge on any atom is 0.158 e. The van der Waals surface area contributed by atoms with E-state index in [0.29, 0.717) is 12.1 Å². The Hall–Kier alpha value is -2.20. The lowest BCUT2D eigenvalue weighted by molar-refractivity contribution is 0.415. The van der Waals surface area contributed by atoms with E-state index in [0.717, 1.165) is 38.6 Å². The molecule has 0 radical (unpaired) electrons. The molecule has 0 bridgehead atoms. The van der Waals surface area contributed by atoms with Crippen molar-refractivity contribution in [3.05, 3.63) is 59.1 Å². The Balaban J connectivity index is 2.14. The SMILES string of the molecule is COc1ccc(-c2cc(N(C(C)C)C(C)C)c(-c3ccc(Br)cc3)o2)cc1. The predicted molar refractivity (Wildman–Crippen MR) is 117 cm³/mol. The molecule has 0 saturated heterocycles. The minimum Gasteiger partial charge on any atom is -0.497 e. The van der Waals surface area contributed by atoms with Gasteiger partial charge in [0.15, 0.2) is 5.76 Å². The van der Waals surface area contributed by atoms with Gasteiger partial charge in [0, 0.05) is 33.7 Å². The second-order valence-electron chi connectivity index (χ2n) is 7.16. The number of ether oxygens (including phenoxy) is 1. The first-order chi connectivity index (χ1) is 12.9. The smallest absolute Gasteiger partial charge is 0.158 e. The van der Waals surface area contributed by atoms with Crippen molar-refractivity contribution < 1.29 is 9.15 Å². The Bertz CT molecular complexity index is 872. The molecule has 1 heterocycles. The van der Waals surface area contributed by atoms with Crippen molar-refractivity contribution in [2.75, 3.05) is 12.0 Å². The summed E-state index contributed by atoms with van der Waals surface area (Å²) >= 11 is 3.51. The molecule has 0 aliphatic rings. The third-order valence-corrected chi connectivity index (χ3v) is 5.11. The molecule has 1 aromatic heterocycles. The molecule has 0 aliphatic carbocycles. The molecule has 0 fully saturated rings. The minimum atomic E-state index is 0.362. The zero-order chi connectivity index (χ0) is 19.6. The Morgan fingerprint density at radius 2 is 1.41 bits per heavy atom. The fourth-order valence-corrected chi connectivity index (χ4v) is 3.70. The van der Waals surface area contributed by atoms with Gasteiger partial charge in [-0.05, 0) is 64.1 Å². The average Bonchev–Trinajstić information content (AvgIpc) is 3.06. The summed E-state index contributed by atoms with van der Waals surface area (Å²) in [5.74, 6) is 2.59. The first-order valence-corrected chi connectivity index (χ1v) is 10.0. The monoisotopic (exact) mass is 427 g/mol. The van der Waals surface area contributed by atoms with Crippen LogP contribution in [-0.4, -0.2) is 19.2 Å². The Morgan fingerprint density at radius 1 is 0.852 bits per heavy atom. The summed E-state index contributed by atoms with van der Waals surface area (Å²) in [7, 11) is 1.68. The van der Waals surface area contributed by atoms with Crippen molar-refractivity contribution in [3.8, 4) is 28.4 Å². The van der Waals surface area contributed by atoms with Gasteiger partial charge in [-0.15, -0.1) is 0 Å². The molecule has 4 heteroatoms. The number of furan rings is 1. The summed E-state index contributed by atoms with van der Waals surface area (Å²) in [5, 5.41) is 0. The lowest BCUT2D eigenvalue weighted by Gasteiger charge is -2.32. The third kappa shape index (κ3) is 4.22. The number of anilines is 1. The van der Waals surface area contributed by atoms with Gasteiger partial charge < -0.3 is 14.1 Å². The van der Waals surface area contributed by atoms with Crippen LogP contribution in [0.15, 0.2) is 63.5 Å². The highest BCUT2D eigenvalue weighted by Crippen LogP contribution is 2.40. The molecular formula is C23H26BrNO2. The van der Waals surface area contributed by atoms with Crippen LogP contribution in [0.5, 0.6) is 5.75 Å². The van der Waals surface area contributed by atoms with Crippen LogP contribution in [0.2, 0.25) is 0 Å². The second kappa shape index (κ2) is 8.22. The Kier molecular flexibility index (Phi) is 5.95. The largest absolute Gasteiger partial charge is 0.497 e. The van der Waals surface area contributed by atoms with Gasteiger partial charge in [-0.25, -0.2) is 0 Å². The van der Waals surface area contributed by atoms with E-state index in [1.54, 1.807) is 7.11 Å². The lowest BCUT2D eigenvalue weighted by atomic mass is 10.1. The van der Waals surface area contributed by atoms with Gasteiger partial charge in [0.25, 0.3) is 0 Å². The summed E-state index contributed by atoms with van der Waals surface area (Å²) < 4.78 is 12.7. The van der Waals surface area contributed by atoms with E-state index in [-0.39, 0.29) is 0 Å². The van der Waals surface area contributed by atoms with Gasteiger partial charge in [0.1, 0.15) is 11.5 Å². The summed E-state index contributed by atoms with van der Waals surface area (Å²) in [6.07, 6.45) is 0. The maximum absolute atomic E-state index is 6.38. The van der Waals surface area contributed by atoms with E-state index in [1.807, 2.05) is 36.4 Å². The van der Waals surface area contributed by atoms with Crippen LogP contribution in [0.4, 0.5) is 5.69 Å². The van der Waals surface area contributed by atoms with Crippen LogP contribution >= 0.6 is 15.9 Å². The van der Waals surface area contributed by atoms with E-state index in [1.165, 1.54) is 0 Å². The van der Waals surface area contributed by atoms with Gasteiger partial charge in [0.05, 0.1) is 12.8 Å². The topological polar surface area (TPSA) is 25.6 Å². The Labute approximate surface area is 170 Å². The van der Waals surface area contributed by atoms with Crippen LogP contribution in [0.1, 0.15) is 27.7 Å². The third-order valence-electron chi connectivity index (χ3n) is 4.58. The quantitative estimate of drug-likeness (QED) is 0.422. The van der Waals surface area contributed by atoms with Crippen molar-refractivity contribution in [2.24, 2.45) is 0 Å². The van der Waals surface area contributed by atoms with Crippen molar-refractivity contribution in [1.29, 1.82) is 0 Å². The van der Waals surface area contributed by atoms with E-state index in [2.05, 4.69) is 66.7 Å². The van der Waals surface area contributed by atoms with Crippen LogP contribution in [0.3, 0.4) is 0 Å². The van der Waals surface area contributed by atoms with Crippen LogP contribution < -0.4 is 9.64 Å². The highest BCUT2D eigenvalue weighted by atomic mass is 79.9. The number of methoxy groups -OCH3 is 1. The maximum atomic E-state index is 6.38. The van der Waals surface area contributed by atoms with E-state index >= 15 is 0 Å². The standard InChI is InChI=1S/C23H26BrNO2/c1-15(2)25(16(3)4)21-14-22(17-8-12-20(26-5)13-9-17)27-23(21)18-6-10-19(24)11-7-18/h6-16H,1-5H3. The molecular weight excluding hydrogens is 402 g/mol. The highest BCUT2D eigenvalue weighted by Gasteiger charge is 2.23. The van der Waals surface area contributed by atoms with E-state index < -0.39 is 0 Å². The van der Waals surface area contributed by atoms with Gasteiger partial charge in [-0.2, -0.15) is 0 Å². The van der Waals surface area contributed by atoms with Crippen molar-refractivity contribution in [1.82, 2.24) is 0 Å². The normalized spacial score (nSPS) is 11.3. The van der Waals surface area contributed by atoms with Crippen molar-refractivity contribution in [3.63, 3.8) is 0 Å². The molecule has 0 atom stereocenters. The summed E-state index contributed by atoms with van der Waals surface area (Å²) in [4.78, 5) is 2.40. The molecule has 0 unspecified atom stereocenters. The van der Waals surface area contributed by atoms with E-state index in [9.17, 15) is 0 Å². The molecule has 3 nitrogen and oxygen atoms in total. The number of hydrogen-bond donors (Lipinski definition) is 0. The number of nitrogens with zero attached hydrogens (tertiary/aromatic N) is 1. The highest BCUT2D eigenvalue weighted by molar-refractivity contribution is 9.10. The van der Waals surface area contributed by atoms with Gasteiger partial charge in [-0.1, -0.05) is 28.1 Å². The summed E-state index contributed by atoms with van der Waals surface area (Å²) in [6.45, 7) is 8.85. The Morgan fingerprint density at radius 3 is 1.93 bits per heavy atom. The summed E-state index contributed by atoms with van der Waals surface area (Å²) in [5.41, 5.74) is 3.22. The zero-order valence-corrected chi connectivity index (χ0v) is 18.1. The molecule has 0 amide bonds. The molecule has 142 valence electrons. The molecule has 0 aliphatic heterocycles. The number of benzene rings is 2.